The summed E-state index contributed by atoms with van der Waals surface area (Å²) in [5.74, 6) is 0.949. The van der Waals surface area contributed by atoms with Crippen molar-refractivity contribution < 1.29 is 14.3 Å². The van der Waals surface area contributed by atoms with E-state index in [1.807, 2.05) is 4.90 Å². The molecule has 0 bridgehead atoms. The molecule has 2 amide bonds. The molecule has 1 aromatic carbocycles. The van der Waals surface area contributed by atoms with E-state index in [1.54, 1.807) is 29.2 Å². The molecule has 0 unspecified atom stereocenters. The van der Waals surface area contributed by atoms with Gasteiger partial charge < -0.3 is 14.5 Å². The highest BCUT2D eigenvalue weighted by molar-refractivity contribution is 6.30. The largest absolute Gasteiger partial charge is 0.484 e. The fraction of sp³-hybridized carbons (Fsp3) is 0.556. The maximum Gasteiger partial charge on any atom is 0.260 e. The third-order valence-corrected chi connectivity index (χ3v) is 5.04. The molecule has 130 valence electrons. The summed E-state index contributed by atoms with van der Waals surface area (Å²) in [7, 11) is 0. The zero-order valence-electron chi connectivity index (χ0n) is 13.7. The average Bonchev–Trinajstić information content (AvgIpc) is 3.15. The fourth-order valence-corrected chi connectivity index (χ4v) is 3.46. The summed E-state index contributed by atoms with van der Waals surface area (Å²) in [6.45, 7) is 3.08. The van der Waals surface area contributed by atoms with Crippen LogP contribution in [0.25, 0.3) is 0 Å². The lowest BCUT2D eigenvalue weighted by atomic mass is 9.95. The summed E-state index contributed by atoms with van der Waals surface area (Å²) in [6, 6.07) is 6.96. The van der Waals surface area contributed by atoms with Crippen molar-refractivity contribution in [2.24, 2.45) is 5.92 Å². The van der Waals surface area contributed by atoms with Crippen LogP contribution in [-0.2, 0) is 9.59 Å². The van der Waals surface area contributed by atoms with Crippen molar-refractivity contribution in [3.63, 3.8) is 0 Å². The van der Waals surface area contributed by atoms with Crippen LogP contribution in [0.3, 0.4) is 0 Å². The van der Waals surface area contributed by atoms with Crippen molar-refractivity contribution in [1.82, 2.24) is 9.80 Å². The molecule has 0 aromatic heterocycles. The van der Waals surface area contributed by atoms with Crippen molar-refractivity contribution in [2.45, 2.75) is 25.7 Å². The Hall–Kier alpha value is -1.75. The second kappa shape index (κ2) is 7.88. The van der Waals surface area contributed by atoms with Gasteiger partial charge in [-0.3, -0.25) is 9.59 Å². The number of halogens is 1. The van der Waals surface area contributed by atoms with E-state index in [0.717, 1.165) is 38.8 Å². The van der Waals surface area contributed by atoms with Crippen molar-refractivity contribution in [3.05, 3.63) is 29.3 Å². The van der Waals surface area contributed by atoms with E-state index in [1.165, 1.54) is 0 Å². The lowest BCUT2D eigenvalue weighted by molar-refractivity contribution is -0.140. The van der Waals surface area contributed by atoms with Crippen LogP contribution in [0.2, 0.25) is 5.02 Å². The van der Waals surface area contributed by atoms with Gasteiger partial charge in [-0.15, -0.1) is 0 Å². The Morgan fingerprint density at radius 2 is 1.62 bits per heavy atom. The van der Waals surface area contributed by atoms with Crippen LogP contribution in [0, 0.1) is 5.92 Å². The number of carbonyl (C=O) groups excluding carboxylic acids is 2. The summed E-state index contributed by atoms with van der Waals surface area (Å²) in [5, 5.41) is 0.637. The molecular weight excluding hydrogens is 328 g/mol. The number of likely N-dealkylation sites (tertiary alicyclic amines) is 2. The van der Waals surface area contributed by atoms with Gasteiger partial charge in [0.2, 0.25) is 5.91 Å². The number of piperidine rings is 1. The predicted octanol–water partition coefficient (Wildman–Crippen LogP) is 2.58. The smallest absolute Gasteiger partial charge is 0.260 e. The van der Waals surface area contributed by atoms with Gasteiger partial charge in [-0.05, 0) is 49.9 Å². The lowest BCUT2D eigenvalue weighted by Gasteiger charge is -2.33. The summed E-state index contributed by atoms with van der Waals surface area (Å²) in [4.78, 5) is 28.4. The molecule has 6 heteroatoms. The molecule has 0 atom stereocenters. The minimum Gasteiger partial charge on any atom is -0.484 e. The quantitative estimate of drug-likeness (QED) is 0.838. The molecule has 0 spiro atoms. The van der Waals surface area contributed by atoms with Crippen LogP contribution in [0.1, 0.15) is 25.7 Å². The normalized spacial score (nSPS) is 18.7. The van der Waals surface area contributed by atoms with Crippen LogP contribution >= 0.6 is 11.6 Å². The monoisotopic (exact) mass is 350 g/mol. The fourth-order valence-electron chi connectivity index (χ4n) is 3.34. The van der Waals surface area contributed by atoms with Crippen molar-refractivity contribution >= 4 is 23.4 Å². The van der Waals surface area contributed by atoms with Crippen molar-refractivity contribution in [1.29, 1.82) is 0 Å². The predicted molar refractivity (Wildman–Crippen MR) is 92.1 cm³/mol. The Balaban J connectivity index is 1.43. The summed E-state index contributed by atoms with van der Waals surface area (Å²) in [5.41, 5.74) is 0. The lowest BCUT2D eigenvalue weighted by Crippen LogP contribution is -2.45. The zero-order chi connectivity index (χ0) is 16.9. The minimum absolute atomic E-state index is 0.0202. The van der Waals surface area contributed by atoms with E-state index in [-0.39, 0.29) is 24.3 Å². The number of rotatable bonds is 4. The molecule has 3 rings (SSSR count). The second-order valence-electron chi connectivity index (χ2n) is 6.43. The van der Waals surface area contributed by atoms with E-state index < -0.39 is 0 Å². The van der Waals surface area contributed by atoms with E-state index in [9.17, 15) is 9.59 Å². The first kappa shape index (κ1) is 17.1. The van der Waals surface area contributed by atoms with Gasteiger partial charge in [0.05, 0.1) is 0 Å². The summed E-state index contributed by atoms with van der Waals surface area (Å²) >= 11 is 5.82. The summed E-state index contributed by atoms with van der Waals surface area (Å²) < 4.78 is 5.51. The van der Waals surface area contributed by atoms with Gasteiger partial charge in [-0.1, -0.05) is 11.6 Å². The number of hydrogen-bond donors (Lipinski definition) is 0. The Morgan fingerprint density at radius 3 is 2.25 bits per heavy atom. The molecule has 24 heavy (non-hydrogen) atoms. The standard InChI is InChI=1S/C18H23ClN2O3/c19-15-3-5-16(6-4-15)24-13-17(22)20-11-7-14(8-12-20)18(23)21-9-1-2-10-21/h3-6,14H,1-2,7-13H2. The van der Waals surface area contributed by atoms with Crippen molar-refractivity contribution in [3.8, 4) is 5.75 Å². The molecule has 0 saturated carbocycles. The Labute approximate surface area is 147 Å². The number of nitrogens with zero attached hydrogens (tertiary/aromatic N) is 2. The molecule has 0 N–H and O–H groups in total. The zero-order valence-corrected chi connectivity index (χ0v) is 14.5. The third kappa shape index (κ3) is 4.20. The van der Waals surface area contributed by atoms with Gasteiger partial charge in [0.1, 0.15) is 5.75 Å². The third-order valence-electron chi connectivity index (χ3n) is 4.79. The van der Waals surface area contributed by atoms with E-state index in [0.29, 0.717) is 23.9 Å². The van der Waals surface area contributed by atoms with Gasteiger partial charge in [-0.25, -0.2) is 0 Å². The molecule has 5 nitrogen and oxygen atoms in total. The first-order valence-electron chi connectivity index (χ1n) is 8.58. The van der Waals surface area contributed by atoms with Gasteiger partial charge in [0.25, 0.3) is 5.91 Å². The Kier molecular flexibility index (Phi) is 5.61. The van der Waals surface area contributed by atoms with Gasteiger partial charge in [0.15, 0.2) is 6.61 Å². The van der Waals surface area contributed by atoms with Gasteiger partial charge in [0, 0.05) is 37.1 Å². The number of amides is 2. The van der Waals surface area contributed by atoms with E-state index >= 15 is 0 Å². The first-order chi connectivity index (χ1) is 11.6. The summed E-state index contributed by atoms with van der Waals surface area (Å²) in [6.07, 6.45) is 3.74. The van der Waals surface area contributed by atoms with Crippen molar-refractivity contribution in [2.75, 3.05) is 32.8 Å². The van der Waals surface area contributed by atoms with Crippen LogP contribution in [0.15, 0.2) is 24.3 Å². The molecule has 1 aromatic rings. The highest BCUT2D eigenvalue weighted by Gasteiger charge is 2.31. The van der Waals surface area contributed by atoms with E-state index in [4.69, 9.17) is 16.3 Å². The number of ether oxygens (including phenoxy) is 1. The number of hydrogen-bond acceptors (Lipinski definition) is 3. The maximum atomic E-state index is 12.4. The molecule has 2 aliphatic rings. The van der Waals surface area contributed by atoms with E-state index in [2.05, 4.69) is 0 Å². The minimum atomic E-state index is -0.0305. The Bertz CT molecular complexity index is 576. The maximum absolute atomic E-state index is 12.4. The van der Waals surface area contributed by atoms with Gasteiger partial charge >= 0.3 is 0 Å². The molecule has 2 fully saturated rings. The Morgan fingerprint density at radius 1 is 1.00 bits per heavy atom. The molecule has 2 aliphatic heterocycles. The molecular formula is C18H23ClN2O3. The highest BCUT2D eigenvalue weighted by Crippen LogP contribution is 2.22. The average molecular weight is 351 g/mol. The second-order valence-corrected chi connectivity index (χ2v) is 6.87. The topological polar surface area (TPSA) is 49.9 Å². The SMILES string of the molecule is O=C(COc1ccc(Cl)cc1)N1CCC(C(=O)N2CCCC2)CC1. The van der Waals surface area contributed by atoms with Gasteiger partial charge in [-0.2, -0.15) is 0 Å². The molecule has 0 radical (unpaired) electrons. The van der Waals surface area contributed by atoms with Crippen LogP contribution < -0.4 is 4.74 Å². The molecule has 2 saturated heterocycles. The number of carbonyl (C=O) groups is 2. The highest BCUT2D eigenvalue weighted by atomic mass is 35.5. The number of benzene rings is 1. The first-order valence-corrected chi connectivity index (χ1v) is 8.96. The van der Waals surface area contributed by atoms with Crippen LogP contribution in [0.5, 0.6) is 5.75 Å². The van der Waals surface area contributed by atoms with Crippen LogP contribution in [-0.4, -0.2) is 54.4 Å². The van der Waals surface area contributed by atoms with Crippen LogP contribution in [0.4, 0.5) is 0 Å². The molecule has 0 aliphatic carbocycles. The molecule has 2 heterocycles.